The Morgan fingerprint density at radius 1 is 1.13 bits per heavy atom. The first-order valence-corrected chi connectivity index (χ1v) is 8.61. The van der Waals surface area contributed by atoms with Crippen LogP contribution < -0.4 is 5.32 Å². The van der Waals surface area contributed by atoms with Gasteiger partial charge in [-0.15, -0.1) is 10.2 Å². The molecule has 7 heteroatoms. The Balaban J connectivity index is 1.61. The minimum absolute atomic E-state index is 0.298. The van der Waals surface area contributed by atoms with Gasteiger partial charge in [-0.3, -0.25) is 0 Å². The molecule has 1 heterocycles. The number of anilines is 2. The van der Waals surface area contributed by atoms with Gasteiger partial charge < -0.3 is 10.4 Å². The van der Waals surface area contributed by atoms with Crippen LogP contribution >= 0.6 is 23.1 Å². The van der Waals surface area contributed by atoms with E-state index in [9.17, 15) is 4.79 Å². The van der Waals surface area contributed by atoms with Crippen molar-refractivity contribution >= 4 is 39.9 Å². The monoisotopic (exact) mass is 343 g/mol. The third-order valence-electron chi connectivity index (χ3n) is 2.97. The van der Waals surface area contributed by atoms with Crippen molar-refractivity contribution < 1.29 is 9.90 Å². The number of nitrogens with one attached hydrogen (secondary N) is 1. The van der Waals surface area contributed by atoms with E-state index in [0.29, 0.717) is 11.3 Å². The highest BCUT2D eigenvalue weighted by Crippen LogP contribution is 2.29. The topological polar surface area (TPSA) is 75.1 Å². The zero-order valence-electron chi connectivity index (χ0n) is 12.0. The molecular weight excluding hydrogens is 330 g/mol. The fourth-order valence-corrected chi connectivity index (χ4v) is 3.62. The summed E-state index contributed by atoms with van der Waals surface area (Å²) >= 11 is 3.01. The molecule has 0 amide bonds. The largest absolute Gasteiger partial charge is 0.478 e. The van der Waals surface area contributed by atoms with E-state index < -0.39 is 5.97 Å². The lowest BCUT2D eigenvalue weighted by atomic mass is 10.1. The number of nitrogens with zero attached hydrogens (tertiary/aromatic N) is 2. The number of carboxylic acids is 1. The second-order valence-electron chi connectivity index (χ2n) is 4.66. The summed E-state index contributed by atoms with van der Waals surface area (Å²) in [6, 6.07) is 16.7. The molecule has 3 rings (SSSR count). The third kappa shape index (κ3) is 4.30. The van der Waals surface area contributed by atoms with E-state index in [-0.39, 0.29) is 0 Å². The normalized spacial score (nSPS) is 10.4. The molecular formula is C16H13N3O2S2. The average Bonchev–Trinajstić information content (AvgIpc) is 3.01. The lowest BCUT2D eigenvalue weighted by Crippen LogP contribution is -1.96. The van der Waals surface area contributed by atoms with Gasteiger partial charge in [0.15, 0.2) is 4.34 Å². The highest BCUT2D eigenvalue weighted by atomic mass is 32.2. The van der Waals surface area contributed by atoms with E-state index in [4.69, 9.17) is 5.11 Å². The van der Waals surface area contributed by atoms with Crippen LogP contribution in [0.1, 0.15) is 15.9 Å². The van der Waals surface area contributed by atoms with E-state index in [1.165, 1.54) is 23.1 Å². The summed E-state index contributed by atoms with van der Waals surface area (Å²) < 4.78 is 0.837. The molecule has 0 aliphatic heterocycles. The highest BCUT2D eigenvalue weighted by molar-refractivity contribution is 8.00. The van der Waals surface area contributed by atoms with Crippen LogP contribution in [0.15, 0.2) is 58.9 Å². The molecule has 0 fully saturated rings. The van der Waals surface area contributed by atoms with Gasteiger partial charge in [-0.25, -0.2) is 4.79 Å². The molecule has 2 N–H and O–H groups in total. The Morgan fingerprint density at radius 2 is 1.96 bits per heavy atom. The molecule has 0 saturated carbocycles. The summed E-state index contributed by atoms with van der Waals surface area (Å²) in [5.41, 5.74) is 2.21. The SMILES string of the molecule is O=C(O)c1cccc(CSc2nnc(Nc3ccccc3)s2)c1. The number of rotatable bonds is 6. The van der Waals surface area contributed by atoms with Crippen molar-refractivity contribution in [3.05, 3.63) is 65.7 Å². The summed E-state index contributed by atoms with van der Waals surface area (Å²) in [6.45, 7) is 0. The van der Waals surface area contributed by atoms with E-state index in [1.807, 2.05) is 36.4 Å². The number of para-hydroxylation sites is 1. The smallest absolute Gasteiger partial charge is 0.335 e. The van der Waals surface area contributed by atoms with Gasteiger partial charge in [0, 0.05) is 11.4 Å². The first-order valence-electron chi connectivity index (χ1n) is 6.81. The van der Waals surface area contributed by atoms with Crippen molar-refractivity contribution in [1.29, 1.82) is 0 Å². The average molecular weight is 343 g/mol. The third-order valence-corrected chi connectivity index (χ3v) is 5.01. The Kier molecular flexibility index (Phi) is 4.89. The number of carbonyl (C=O) groups is 1. The van der Waals surface area contributed by atoms with Gasteiger partial charge in [-0.1, -0.05) is 53.4 Å². The number of benzene rings is 2. The van der Waals surface area contributed by atoms with Gasteiger partial charge in [-0.05, 0) is 29.8 Å². The second-order valence-corrected chi connectivity index (χ2v) is 6.86. The molecule has 0 unspecified atom stereocenters. The molecule has 0 radical (unpaired) electrons. The predicted octanol–water partition coefficient (Wildman–Crippen LogP) is 4.27. The van der Waals surface area contributed by atoms with Crippen LogP contribution in [0.25, 0.3) is 0 Å². The lowest BCUT2D eigenvalue weighted by molar-refractivity contribution is 0.0697. The molecule has 1 aromatic heterocycles. The molecule has 5 nitrogen and oxygen atoms in total. The van der Waals surface area contributed by atoms with Crippen molar-refractivity contribution in [2.24, 2.45) is 0 Å². The van der Waals surface area contributed by atoms with E-state index >= 15 is 0 Å². The minimum atomic E-state index is -0.915. The van der Waals surface area contributed by atoms with Gasteiger partial charge in [0.1, 0.15) is 0 Å². The van der Waals surface area contributed by atoms with Crippen molar-refractivity contribution in [1.82, 2.24) is 10.2 Å². The molecule has 23 heavy (non-hydrogen) atoms. The molecule has 0 saturated heterocycles. The maximum Gasteiger partial charge on any atom is 0.335 e. The fraction of sp³-hybridized carbons (Fsp3) is 0.0625. The summed E-state index contributed by atoms with van der Waals surface area (Å²) in [5, 5.41) is 21.2. The number of aromatic nitrogens is 2. The molecule has 116 valence electrons. The first kappa shape index (κ1) is 15.5. The predicted molar refractivity (Wildman–Crippen MR) is 92.6 cm³/mol. The van der Waals surface area contributed by atoms with Crippen molar-refractivity contribution in [3.8, 4) is 0 Å². The van der Waals surface area contributed by atoms with E-state index in [0.717, 1.165) is 20.7 Å². The molecule has 0 atom stereocenters. The summed E-state index contributed by atoms with van der Waals surface area (Å²) in [7, 11) is 0. The number of hydrogen-bond donors (Lipinski definition) is 2. The molecule has 2 aromatic carbocycles. The van der Waals surface area contributed by atoms with E-state index in [1.54, 1.807) is 18.2 Å². The summed E-state index contributed by atoms with van der Waals surface area (Å²) in [6.07, 6.45) is 0. The second kappa shape index (κ2) is 7.26. The van der Waals surface area contributed by atoms with Gasteiger partial charge in [0.25, 0.3) is 0 Å². The highest BCUT2D eigenvalue weighted by Gasteiger charge is 2.07. The van der Waals surface area contributed by atoms with Crippen LogP contribution in [0.2, 0.25) is 0 Å². The van der Waals surface area contributed by atoms with Gasteiger partial charge in [0.2, 0.25) is 5.13 Å². The maximum atomic E-state index is 11.0. The number of thioether (sulfide) groups is 1. The maximum absolute atomic E-state index is 11.0. The van der Waals surface area contributed by atoms with Crippen molar-refractivity contribution in [2.45, 2.75) is 10.1 Å². The summed E-state index contributed by atoms with van der Waals surface area (Å²) in [5.74, 6) is -0.261. The van der Waals surface area contributed by atoms with Crippen molar-refractivity contribution in [3.63, 3.8) is 0 Å². The number of carboxylic acid groups (broad SMARTS) is 1. The standard InChI is InChI=1S/C16H13N3O2S2/c20-14(21)12-6-4-5-11(9-12)10-22-16-19-18-15(23-16)17-13-7-2-1-3-8-13/h1-9H,10H2,(H,17,18)(H,20,21). The van der Waals surface area contributed by atoms with Gasteiger partial charge in [-0.2, -0.15) is 0 Å². The molecule has 0 aliphatic rings. The molecule has 3 aromatic rings. The van der Waals surface area contributed by atoms with Gasteiger partial charge in [0.05, 0.1) is 5.56 Å². The van der Waals surface area contributed by atoms with Crippen LogP contribution in [0.3, 0.4) is 0 Å². The van der Waals surface area contributed by atoms with Gasteiger partial charge >= 0.3 is 5.97 Å². The van der Waals surface area contributed by atoms with Crippen LogP contribution in [0.5, 0.6) is 0 Å². The quantitative estimate of drug-likeness (QED) is 0.651. The molecule has 0 aliphatic carbocycles. The van der Waals surface area contributed by atoms with Crippen LogP contribution in [0, 0.1) is 0 Å². The molecule has 0 spiro atoms. The Bertz CT molecular complexity index is 806. The summed E-state index contributed by atoms with van der Waals surface area (Å²) in [4.78, 5) is 11.0. The number of hydrogen-bond acceptors (Lipinski definition) is 6. The first-order chi connectivity index (χ1) is 11.2. The number of aromatic carboxylic acids is 1. The lowest BCUT2D eigenvalue weighted by Gasteiger charge is -2.01. The molecule has 0 bridgehead atoms. The Morgan fingerprint density at radius 3 is 2.74 bits per heavy atom. The minimum Gasteiger partial charge on any atom is -0.478 e. The zero-order chi connectivity index (χ0) is 16.1. The van der Waals surface area contributed by atoms with Crippen molar-refractivity contribution in [2.75, 3.05) is 5.32 Å². The fourth-order valence-electron chi connectivity index (χ4n) is 1.90. The Labute approximate surface area is 141 Å². The van der Waals surface area contributed by atoms with Crippen LogP contribution in [-0.4, -0.2) is 21.3 Å². The zero-order valence-corrected chi connectivity index (χ0v) is 13.6. The van der Waals surface area contributed by atoms with Crippen LogP contribution in [0.4, 0.5) is 10.8 Å². The Hall–Kier alpha value is -2.38. The van der Waals surface area contributed by atoms with Crippen LogP contribution in [-0.2, 0) is 5.75 Å². The van der Waals surface area contributed by atoms with E-state index in [2.05, 4.69) is 15.5 Å².